The maximum Gasteiger partial charge on any atom is 0.243 e. The van der Waals surface area contributed by atoms with Crippen molar-refractivity contribution in [2.75, 3.05) is 13.2 Å². The van der Waals surface area contributed by atoms with Crippen molar-refractivity contribution in [1.82, 2.24) is 10.2 Å². The SMILES string of the molecule is CC(=O)N1Cc2ccccc2C[C@H]1C(=O)NCCOc1ccc(C)cc1C. The molecule has 0 saturated heterocycles. The van der Waals surface area contributed by atoms with Gasteiger partial charge in [0.05, 0.1) is 6.54 Å². The fourth-order valence-electron chi connectivity index (χ4n) is 3.50. The average Bonchev–Trinajstić information content (AvgIpc) is 2.65. The van der Waals surface area contributed by atoms with Crippen LogP contribution in [0.15, 0.2) is 42.5 Å². The number of nitrogens with one attached hydrogen (secondary N) is 1. The molecule has 0 fully saturated rings. The number of carbonyl (C=O) groups is 2. The number of aryl methyl sites for hydroxylation is 2. The Labute approximate surface area is 160 Å². The van der Waals surface area contributed by atoms with Gasteiger partial charge in [0.1, 0.15) is 18.4 Å². The van der Waals surface area contributed by atoms with Crippen LogP contribution in [0.3, 0.4) is 0 Å². The first-order chi connectivity index (χ1) is 13.0. The van der Waals surface area contributed by atoms with Crippen LogP contribution in [0.4, 0.5) is 0 Å². The van der Waals surface area contributed by atoms with Crippen LogP contribution in [0.5, 0.6) is 5.75 Å². The first-order valence-electron chi connectivity index (χ1n) is 9.27. The molecule has 1 aliphatic rings. The molecule has 1 aliphatic heterocycles. The molecule has 142 valence electrons. The Hall–Kier alpha value is -2.82. The number of fused-ring (bicyclic) bond motifs is 1. The van der Waals surface area contributed by atoms with E-state index in [-0.39, 0.29) is 11.8 Å². The van der Waals surface area contributed by atoms with Crippen LogP contribution in [-0.2, 0) is 22.6 Å². The monoisotopic (exact) mass is 366 g/mol. The second kappa shape index (κ2) is 8.25. The van der Waals surface area contributed by atoms with Gasteiger partial charge in [-0.3, -0.25) is 9.59 Å². The van der Waals surface area contributed by atoms with E-state index in [4.69, 9.17) is 4.74 Å². The molecule has 0 aliphatic carbocycles. The number of amides is 2. The molecule has 2 aromatic rings. The van der Waals surface area contributed by atoms with E-state index < -0.39 is 6.04 Å². The van der Waals surface area contributed by atoms with Crippen LogP contribution in [-0.4, -0.2) is 35.9 Å². The molecule has 0 unspecified atom stereocenters. The highest BCUT2D eigenvalue weighted by Crippen LogP contribution is 2.23. The minimum atomic E-state index is -0.474. The average molecular weight is 366 g/mol. The summed E-state index contributed by atoms with van der Waals surface area (Å²) >= 11 is 0. The Bertz CT molecular complexity index is 847. The van der Waals surface area contributed by atoms with Crippen molar-refractivity contribution in [3.8, 4) is 5.75 Å². The van der Waals surface area contributed by atoms with Crippen molar-refractivity contribution >= 4 is 11.8 Å². The van der Waals surface area contributed by atoms with E-state index in [9.17, 15) is 9.59 Å². The van der Waals surface area contributed by atoms with Crippen LogP contribution in [0.2, 0.25) is 0 Å². The number of ether oxygens (including phenoxy) is 1. The molecule has 1 atom stereocenters. The molecule has 0 aromatic heterocycles. The predicted molar refractivity (Wildman–Crippen MR) is 105 cm³/mol. The lowest BCUT2D eigenvalue weighted by Gasteiger charge is -2.35. The quantitative estimate of drug-likeness (QED) is 0.828. The van der Waals surface area contributed by atoms with Crippen LogP contribution in [0.1, 0.15) is 29.2 Å². The lowest BCUT2D eigenvalue weighted by molar-refractivity contribution is -0.140. The van der Waals surface area contributed by atoms with Crippen molar-refractivity contribution in [1.29, 1.82) is 0 Å². The molecule has 3 rings (SSSR count). The third-order valence-electron chi connectivity index (χ3n) is 4.94. The van der Waals surface area contributed by atoms with Gasteiger partial charge in [-0.15, -0.1) is 0 Å². The molecule has 27 heavy (non-hydrogen) atoms. The summed E-state index contributed by atoms with van der Waals surface area (Å²) in [5.74, 6) is 0.604. The fourth-order valence-corrected chi connectivity index (χ4v) is 3.50. The highest BCUT2D eigenvalue weighted by Gasteiger charge is 2.32. The van der Waals surface area contributed by atoms with Crippen molar-refractivity contribution in [3.63, 3.8) is 0 Å². The number of hydrogen-bond acceptors (Lipinski definition) is 3. The summed E-state index contributed by atoms with van der Waals surface area (Å²) in [7, 11) is 0. The number of hydrogen-bond donors (Lipinski definition) is 1. The maximum absolute atomic E-state index is 12.7. The molecule has 1 heterocycles. The Morgan fingerprint density at radius 1 is 1.15 bits per heavy atom. The van der Waals surface area contributed by atoms with E-state index in [0.29, 0.717) is 26.1 Å². The molecule has 0 spiro atoms. The van der Waals surface area contributed by atoms with Gasteiger partial charge in [0.25, 0.3) is 0 Å². The summed E-state index contributed by atoms with van der Waals surface area (Å²) in [6.45, 7) is 6.82. The van der Waals surface area contributed by atoms with Gasteiger partial charge in [0, 0.05) is 19.9 Å². The molecule has 2 aromatic carbocycles. The molecule has 5 heteroatoms. The van der Waals surface area contributed by atoms with E-state index in [1.165, 1.54) is 12.5 Å². The summed E-state index contributed by atoms with van der Waals surface area (Å²) in [4.78, 5) is 26.4. The first kappa shape index (κ1) is 19.0. The zero-order valence-electron chi connectivity index (χ0n) is 16.1. The Kier molecular flexibility index (Phi) is 5.79. The second-order valence-corrected chi connectivity index (χ2v) is 7.04. The van der Waals surface area contributed by atoms with Crippen molar-refractivity contribution in [3.05, 3.63) is 64.7 Å². The number of nitrogens with zero attached hydrogens (tertiary/aromatic N) is 1. The number of benzene rings is 2. The third-order valence-corrected chi connectivity index (χ3v) is 4.94. The van der Waals surface area contributed by atoms with Crippen molar-refractivity contribution < 1.29 is 14.3 Å². The lowest BCUT2D eigenvalue weighted by atomic mass is 9.93. The van der Waals surface area contributed by atoms with Crippen molar-refractivity contribution in [2.24, 2.45) is 0 Å². The first-order valence-corrected chi connectivity index (χ1v) is 9.27. The summed E-state index contributed by atoms with van der Waals surface area (Å²) in [6, 6.07) is 13.5. The third kappa shape index (κ3) is 4.48. The van der Waals surface area contributed by atoms with Crippen molar-refractivity contribution in [2.45, 2.75) is 39.8 Å². The Morgan fingerprint density at radius 3 is 2.59 bits per heavy atom. The van der Waals surface area contributed by atoms with E-state index in [0.717, 1.165) is 22.4 Å². The highest BCUT2D eigenvalue weighted by atomic mass is 16.5. The van der Waals surface area contributed by atoms with Gasteiger partial charge < -0.3 is 15.0 Å². The second-order valence-electron chi connectivity index (χ2n) is 7.04. The molecule has 2 amide bonds. The smallest absolute Gasteiger partial charge is 0.243 e. The predicted octanol–water partition coefficient (Wildman–Crippen LogP) is 2.77. The molecular formula is C22H26N2O3. The van der Waals surface area contributed by atoms with Crippen LogP contribution in [0.25, 0.3) is 0 Å². The number of carbonyl (C=O) groups excluding carboxylic acids is 2. The largest absolute Gasteiger partial charge is 0.491 e. The van der Waals surface area contributed by atoms with Gasteiger partial charge >= 0.3 is 0 Å². The highest BCUT2D eigenvalue weighted by molar-refractivity contribution is 5.87. The molecule has 1 N–H and O–H groups in total. The standard InChI is InChI=1S/C22H26N2O3/c1-15-8-9-21(16(2)12-15)27-11-10-23-22(26)20-13-18-6-4-5-7-19(18)14-24(20)17(3)25/h4-9,12,20H,10-11,13-14H2,1-3H3,(H,23,26)/t20-/m0/s1. The van der Waals surface area contributed by atoms with Gasteiger partial charge in [-0.25, -0.2) is 0 Å². The fraction of sp³-hybridized carbons (Fsp3) is 0.364. The zero-order chi connectivity index (χ0) is 19.4. The zero-order valence-corrected chi connectivity index (χ0v) is 16.1. The summed E-state index contributed by atoms with van der Waals surface area (Å²) in [5.41, 5.74) is 4.50. The topological polar surface area (TPSA) is 58.6 Å². The molecule has 0 bridgehead atoms. The molecule has 0 radical (unpaired) electrons. The molecule has 0 saturated carbocycles. The minimum absolute atomic E-state index is 0.0869. The van der Waals surface area contributed by atoms with Gasteiger partial charge in [0.2, 0.25) is 11.8 Å². The van der Waals surface area contributed by atoms with Crippen LogP contribution >= 0.6 is 0 Å². The Morgan fingerprint density at radius 2 is 1.89 bits per heavy atom. The van der Waals surface area contributed by atoms with Gasteiger partial charge in [0.15, 0.2) is 0 Å². The minimum Gasteiger partial charge on any atom is -0.491 e. The summed E-state index contributed by atoms with van der Waals surface area (Å²) in [6.07, 6.45) is 0.541. The van der Waals surface area contributed by atoms with Crippen LogP contribution < -0.4 is 10.1 Å². The normalized spacial score (nSPS) is 15.8. The van der Waals surface area contributed by atoms with Gasteiger partial charge in [-0.1, -0.05) is 42.0 Å². The van der Waals surface area contributed by atoms with Crippen LogP contribution in [0, 0.1) is 13.8 Å². The lowest BCUT2D eigenvalue weighted by Crippen LogP contribution is -2.52. The molecular weight excluding hydrogens is 340 g/mol. The summed E-state index contributed by atoms with van der Waals surface area (Å²) in [5, 5.41) is 2.91. The summed E-state index contributed by atoms with van der Waals surface area (Å²) < 4.78 is 5.76. The Balaban J connectivity index is 1.57. The van der Waals surface area contributed by atoms with E-state index in [1.54, 1.807) is 4.90 Å². The van der Waals surface area contributed by atoms with Gasteiger partial charge in [-0.2, -0.15) is 0 Å². The number of rotatable bonds is 5. The molecule has 5 nitrogen and oxygen atoms in total. The van der Waals surface area contributed by atoms with Gasteiger partial charge in [-0.05, 0) is 36.6 Å². The van der Waals surface area contributed by atoms with E-state index in [1.807, 2.05) is 50.2 Å². The van der Waals surface area contributed by atoms with E-state index >= 15 is 0 Å². The maximum atomic E-state index is 12.7. The van der Waals surface area contributed by atoms with E-state index in [2.05, 4.69) is 11.4 Å².